The van der Waals surface area contributed by atoms with Crippen LogP contribution in [0.15, 0.2) is 18.2 Å². The first-order valence-electron chi connectivity index (χ1n) is 5.29. The predicted molar refractivity (Wildman–Crippen MR) is 62.9 cm³/mol. The van der Waals surface area contributed by atoms with Gasteiger partial charge in [0.1, 0.15) is 0 Å². The monoisotopic (exact) mass is 239 g/mol. The molecule has 2 rings (SSSR count). The molecular weight excluding hydrogens is 226 g/mol. The highest BCUT2D eigenvalue weighted by molar-refractivity contribution is 6.31. The number of aliphatic carboxylic acids is 1. The van der Waals surface area contributed by atoms with Gasteiger partial charge in [-0.3, -0.25) is 4.79 Å². The lowest BCUT2D eigenvalue weighted by Crippen LogP contribution is -2.21. The second kappa shape index (κ2) is 4.44. The Bertz CT molecular complexity index is 419. The lowest BCUT2D eigenvalue weighted by Gasteiger charge is -2.15. The van der Waals surface area contributed by atoms with Crippen LogP contribution in [0.3, 0.4) is 0 Å². The van der Waals surface area contributed by atoms with Crippen molar-refractivity contribution in [2.45, 2.75) is 12.8 Å². The van der Waals surface area contributed by atoms with Crippen molar-refractivity contribution in [3.63, 3.8) is 0 Å². The Kier molecular flexibility index (Phi) is 3.17. The molecule has 16 heavy (non-hydrogen) atoms. The van der Waals surface area contributed by atoms with Crippen LogP contribution in [0.25, 0.3) is 0 Å². The molecule has 1 fully saturated rings. The number of halogens is 1. The molecule has 86 valence electrons. The van der Waals surface area contributed by atoms with Crippen molar-refractivity contribution in [2.24, 2.45) is 5.92 Å². The molecule has 0 saturated carbocycles. The maximum atomic E-state index is 11.1. The Morgan fingerprint density at radius 3 is 2.88 bits per heavy atom. The standard InChI is InChI=1S/C12H14ClNO2/c1-7-2-3-8(4-11(7)13)9-5-14-6-10(9)12(15)16/h2-4,9-10,14H,5-6H2,1H3,(H,15,16). The molecule has 0 bridgehead atoms. The van der Waals surface area contributed by atoms with Gasteiger partial charge in [0.05, 0.1) is 5.92 Å². The van der Waals surface area contributed by atoms with E-state index in [1.54, 1.807) is 0 Å². The summed E-state index contributed by atoms with van der Waals surface area (Å²) in [7, 11) is 0. The largest absolute Gasteiger partial charge is 0.481 e. The van der Waals surface area contributed by atoms with E-state index in [2.05, 4.69) is 5.32 Å². The molecule has 2 unspecified atom stereocenters. The van der Waals surface area contributed by atoms with Gasteiger partial charge in [-0.25, -0.2) is 0 Å². The summed E-state index contributed by atoms with van der Waals surface area (Å²) in [5.74, 6) is -1.07. The number of rotatable bonds is 2. The van der Waals surface area contributed by atoms with Crippen molar-refractivity contribution >= 4 is 17.6 Å². The van der Waals surface area contributed by atoms with Gasteiger partial charge >= 0.3 is 5.97 Å². The minimum Gasteiger partial charge on any atom is -0.481 e. The van der Waals surface area contributed by atoms with Crippen LogP contribution in [0, 0.1) is 12.8 Å². The Morgan fingerprint density at radius 2 is 2.25 bits per heavy atom. The molecule has 1 heterocycles. The smallest absolute Gasteiger partial charge is 0.308 e. The van der Waals surface area contributed by atoms with Crippen molar-refractivity contribution in [3.8, 4) is 0 Å². The lowest BCUT2D eigenvalue weighted by molar-refractivity contribution is -0.141. The maximum Gasteiger partial charge on any atom is 0.308 e. The third-order valence-corrected chi connectivity index (χ3v) is 3.56. The number of hydrogen-bond acceptors (Lipinski definition) is 2. The van der Waals surface area contributed by atoms with Gasteiger partial charge < -0.3 is 10.4 Å². The van der Waals surface area contributed by atoms with E-state index in [9.17, 15) is 4.79 Å². The van der Waals surface area contributed by atoms with Crippen molar-refractivity contribution in [1.29, 1.82) is 0 Å². The zero-order chi connectivity index (χ0) is 11.7. The van der Waals surface area contributed by atoms with Gasteiger partial charge in [0.15, 0.2) is 0 Å². The molecule has 0 radical (unpaired) electrons. The van der Waals surface area contributed by atoms with Crippen molar-refractivity contribution in [1.82, 2.24) is 5.32 Å². The van der Waals surface area contributed by atoms with Crippen LogP contribution in [0.4, 0.5) is 0 Å². The fraction of sp³-hybridized carbons (Fsp3) is 0.417. The summed E-state index contributed by atoms with van der Waals surface area (Å²) in [6, 6.07) is 5.79. The van der Waals surface area contributed by atoms with E-state index in [0.717, 1.165) is 11.1 Å². The Labute approximate surface area is 99.4 Å². The minimum atomic E-state index is -0.744. The number of carboxylic acids is 1. The van der Waals surface area contributed by atoms with Crippen LogP contribution < -0.4 is 5.32 Å². The zero-order valence-corrected chi connectivity index (χ0v) is 9.79. The summed E-state index contributed by atoms with van der Waals surface area (Å²) in [4.78, 5) is 11.1. The van der Waals surface area contributed by atoms with Gasteiger partial charge in [-0.15, -0.1) is 0 Å². The first-order chi connectivity index (χ1) is 7.59. The molecule has 1 aliphatic heterocycles. The second-order valence-electron chi connectivity index (χ2n) is 4.22. The first kappa shape index (κ1) is 11.4. The van der Waals surface area contributed by atoms with E-state index < -0.39 is 5.97 Å². The van der Waals surface area contributed by atoms with E-state index >= 15 is 0 Å². The number of carboxylic acid groups (broad SMARTS) is 1. The maximum absolute atomic E-state index is 11.1. The van der Waals surface area contributed by atoms with Crippen molar-refractivity contribution < 1.29 is 9.90 Å². The molecule has 4 heteroatoms. The van der Waals surface area contributed by atoms with Gasteiger partial charge in [0.25, 0.3) is 0 Å². The van der Waals surface area contributed by atoms with Gasteiger partial charge in [0, 0.05) is 24.0 Å². The summed E-state index contributed by atoms with van der Waals surface area (Å²) in [6.45, 7) is 3.18. The highest BCUT2D eigenvalue weighted by atomic mass is 35.5. The molecular formula is C12H14ClNO2. The molecule has 1 aromatic rings. The van der Waals surface area contributed by atoms with Gasteiger partial charge in [-0.2, -0.15) is 0 Å². The van der Waals surface area contributed by atoms with Crippen molar-refractivity contribution in [2.75, 3.05) is 13.1 Å². The summed E-state index contributed by atoms with van der Waals surface area (Å²) in [6.07, 6.45) is 0. The molecule has 2 N–H and O–H groups in total. The van der Waals surface area contributed by atoms with Crippen molar-refractivity contribution in [3.05, 3.63) is 34.3 Å². The van der Waals surface area contributed by atoms with E-state index in [0.29, 0.717) is 18.1 Å². The summed E-state index contributed by atoms with van der Waals surface area (Å²) < 4.78 is 0. The van der Waals surface area contributed by atoms with Crippen LogP contribution in [0.2, 0.25) is 5.02 Å². The van der Waals surface area contributed by atoms with Crippen LogP contribution in [0.5, 0.6) is 0 Å². The Balaban J connectivity index is 2.29. The average Bonchev–Trinajstić information content (AvgIpc) is 2.71. The molecule has 1 saturated heterocycles. The zero-order valence-electron chi connectivity index (χ0n) is 9.03. The lowest BCUT2D eigenvalue weighted by atomic mass is 9.88. The normalized spacial score (nSPS) is 24.6. The average molecular weight is 240 g/mol. The first-order valence-corrected chi connectivity index (χ1v) is 5.67. The summed E-state index contributed by atoms with van der Waals surface area (Å²) in [5, 5.41) is 12.9. The van der Waals surface area contributed by atoms with Crippen LogP contribution in [0.1, 0.15) is 17.0 Å². The quantitative estimate of drug-likeness (QED) is 0.830. The highest BCUT2D eigenvalue weighted by Gasteiger charge is 2.33. The molecule has 3 nitrogen and oxygen atoms in total. The molecule has 0 amide bonds. The van der Waals surface area contributed by atoms with E-state index in [1.165, 1.54) is 0 Å². The number of aryl methyl sites for hydroxylation is 1. The third kappa shape index (κ3) is 2.06. The molecule has 0 spiro atoms. The van der Waals surface area contributed by atoms with E-state index in [-0.39, 0.29) is 11.8 Å². The Hall–Kier alpha value is -1.06. The highest BCUT2D eigenvalue weighted by Crippen LogP contribution is 2.30. The van der Waals surface area contributed by atoms with Crippen LogP contribution in [-0.4, -0.2) is 24.2 Å². The van der Waals surface area contributed by atoms with Crippen LogP contribution >= 0.6 is 11.6 Å². The fourth-order valence-corrected chi connectivity index (χ4v) is 2.32. The number of hydrogen-bond donors (Lipinski definition) is 2. The predicted octanol–water partition coefficient (Wildman–Crippen LogP) is 2.04. The topological polar surface area (TPSA) is 49.3 Å². The number of nitrogens with one attached hydrogen (secondary N) is 1. The molecule has 1 aromatic carbocycles. The molecule has 0 aliphatic carbocycles. The fourth-order valence-electron chi connectivity index (χ4n) is 2.13. The van der Waals surface area contributed by atoms with Gasteiger partial charge in [0.2, 0.25) is 0 Å². The summed E-state index contributed by atoms with van der Waals surface area (Å²) >= 11 is 6.05. The third-order valence-electron chi connectivity index (χ3n) is 3.16. The van der Waals surface area contributed by atoms with Gasteiger partial charge in [-0.05, 0) is 24.1 Å². The summed E-state index contributed by atoms with van der Waals surface area (Å²) in [5.41, 5.74) is 2.02. The number of benzene rings is 1. The number of carbonyl (C=O) groups is 1. The van der Waals surface area contributed by atoms with Gasteiger partial charge in [-0.1, -0.05) is 23.7 Å². The molecule has 2 atom stereocenters. The second-order valence-corrected chi connectivity index (χ2v) is 4.63. The van der Waals surface area contributed by atoms with E-state index in [4.69, 9.17) is 16.7 Å². The minimum absolute atomic E-state index is 0.0237. The molecule has 0 aromatic heterocycles. The Morgan fingerprint density at radius 1 is 1.50 bits per heavy atom. The molecule has 1 aliphatic rings. The van der Waals surface area contributed by atoms with Crippen LogP contribution in [-0.2, 0) is 4.79 Å². The SMILES string of the molecule is Cc1ccc(C2CNCC2C(=O)O)cc1Cl. The van der Waals surface area contributed by atoms with E-state index in [1.807, 2.05) is 25.1 Å².